The number of hydrogen-bond donors (Lipinski definition) is 1. The molecule has 0 radical (unpaired) electrons. The molecule has 0 amide bonds. The van der Waals surface area contributed by atoms with Gasteiger partial charge in [-0.05, 0) is 26.7 Å². The molecule has 0 aliphatic heterocycles. The Morgan fingerprint density at radius 3 is 2.81 bits per heavy atom. The summed E-state index contributed by atoms with van der Waals surface area (Å²) in [5, 5.41) is 4.48. The van der Waals surface area contributed by atoms with Crippen molar-refractivity contribution in [3.05, 3.63) is 35.1 Å². The second kappa shape index (κ2) is 5.82. The highest BCUT2D eigenvalue weighted by Crippen LogP contribution is 2.24. The summed E-state index contributed by atoms with van der Waals surface area (Å²) < 4.78 is 5.48. The smallest absolute Gasteiger partial charge is 0.280 e. The van der Waals surface area contributed by atoms with Gasteiger partial charge in [0.25, 0.3) is 5.56 Å². The minimum absolute atomic E-state index is 0.0737. The highest BCUT2D eigenvalue weighted by molar-refractivity contribution is 5.77. The van der Waals surface area contributed by atoms with Crippen molar-refractivity contribution in [2.45, 2.75) is 52.6 Å². The van der Waals surface area contributed by atoms with E-state index in [1.54, 1.807) is 17.0 Å². The molecule has 4 heterocycles. The quantitative estimate of drug-likeness (QED) is 0.598. The van der Waals surface area contributed by atoms with Gasteiger partial charge in [-0.2, -0.15) is 5.10 Å². The Morgan fingerprint density at radius 2 is 2.08 bits per heavy atom. The van der Waals surface area contributed by atoms with Gasteiger partial charge in [-0.25, -0.2) is 9.97 Å². The number of nitrogens with one attached hydrogen (secondary N) is 1. The van der Waals surface area contributed by atoms with Crippen LogP contribution in [-0.2, 0) is 12.1 Å². The zero-order valence-electron chi connectivity index (χ0n) is 15.5. The molecule has 8 heteroatoms. The van der Waals surface area contributed by atoms with E-state index in [0.29, 0.717) is 29.3 Å². The second-order valence-electron chi connectivity index (χ2n) is 7.18. The summed E-state index contributed by atoms with van der Waals surface area (Å²) in [5.74, 6) is 1.25. The maximum atomic E-state index is 12.9. The fourth-order valence-corrected chi connectivity index (χ4v) is 3.07. The fourth-order valence-electron chi connectivity index (χ4n) is 3.07. The van der Waals surface area contributed by atoms with Gasteiger partial charge in [0.2, 0.25) is 5.78 Å². The summed E-state index contributed by atoms with van der Waals surface area (Å²) in [6.07, 6.45) is 9.09. The zero-order valence-corrected chi connectivity index (χ0v) is 15.5. The number of H-pyrrole nitrogens is 1. The molecule has 136 valence electrons. The molecule has 0 saturated carbocycles. The third-order valence-corrected chi connectivity index (χ3v) is 5.02. The number of rotatable bonds is 5. The molecule has 0 bridgehead atoms. The van der Waals surface area contributed by atoms with Gasteiger partial charge in [-0.1, -0.05) is 13.8 Å². The van der Waals surface area contributed by atoms with Crippen molar-refractivity contribution >= 4 is 16.9 Å². The van der Waals surface area contributed by atoms with Gasteiger partial charge < -0.3 is 4.98 Å². The monoisotopic (exact) mass is 353 g/mol. The van der Waals surface area contributed by atoms with E-state index in [1.807, 2.05) is 28.4 Å². The zero-order chi connectivity index (χ0) is 18.5. The van der Waals surface area contributed by atoms with Gasteiger partial charge in [0, 0.05) is 25.1 Å². The maximum absolute atomic E-state index is 12.9. The van der Waals surface area contributed by atoms with Gasteiger partial charge in [-0.15, -0.1) is 0 Å². The molecular formula is C18H23N7O. The van der Waals surface area contributed by atoms with Crippen molar-refractivity contribution in [1.29, 1.82) is 0 Å². The van der Waals surface area contributed by atoms with Crippen molar-refractivity contribution < 1.29 is 0 Å². The van der Waals surface area contributed by atoms with Crippen LogP contribution in [0.2, 0.25) is 0 Å². The lowest BCUT2D eigenvalue weighted by Crippen LogP contribution is -2.25. The van der Waals surface area contributed by atoms with Crippen molar-refractivity contribution in [3.8, 4) is 11.4 Å². The Bertz CT molecular complexity index is 1140. The topological polar surface area (TPSA) is 85.8 Å². The number of fused-ring (bicyclic) bond motifs is 3. The normalized spacial score (nSPS) is 12.5. The van der Waals surface area contributed by atoms with E-state index in [1.165, 1.54) is 0 Å². The summed E-state index contributed by atoms with van der Waals surface area (Å²) in [6.45, 7) is 9.07. The molecule has 4 aromatic heterocycles. The number of aryl methyl sites for hydroxylation is 1. The lowest BCUT2D eigenvalue weighted by molar-refractivity contribution is 0.308. The first-order valence-corrected chi connectivity index (χ1v) is 8.97. The summed E-state index contributed by atoms with van der Waals surface area (Å²) in [6, 6.07) is 0. The van der Waals surface area contributed by atoms with Crippen LogP contribution in [0.25, 0.3) is 28.3 Å². The van der Waals surface area contributed by atoms with E-state index in [0.717, 1.165) is 18.4 Å². The van der Waals surface area contributed by atoms with Crippen LogP contribution in [0, 0.1) is 0 Å². The molecule has 8 nitrogen and oxygen atoms in total. The standard InChI is InChI=1S/C18H23N7O/c1-5-8-24-16(26)13-15(23-9-7-19-17(23)24)22-14(21-13)12-10-20-25(11-12)18(3,4)6-2/h7,9-11H,5-6,8H2,1-4H3,(H,21,22). The van der Waals surface area contributed by atoms with E-state index in [4.69, 9.17) is 0 Å². The van der Waals surface area contributed by atoms with Crippen LogP contribution in [0.4, 0.5) is 0 Å². The lowest BCUT2D eigenvalue weighted by Gasteiger charge is -2.23. The predicted octanol–water partition coefficient (Wildman–Crippen LogP) is 2.79. The first kappa shape index (κ1) is 16.6. The van der Waals surface area contributed by atoms with E-state index in [9.17, 15) is 4.79 Å². The van der Waals surface area contributed by atoms with E-state index < -0.39 is 0 Å². The second-order valence-corrected chi connectivity index (χ2v) is 7.18. The van der Waals surface area contributed by atoms with E-state index >= 15 is 0 Å². The molecule has 4 rings (SSSR count). The van der Waals surface area contributed by atoms with Crippen LogP contribution in [0.5, 0.6) is 0 Å². The van der Waals surface area contributed by atoms with Crippen molar-refractivity contribution in [2.24, 2.45) is 0 Å². The van der Waals surface area contributed by atoms with Crippen LogP contribution in [0.3, 0.4) is 0 Å². The third kappa shape index (κ3) is 2.36. The van der Waals surface area contributed by atoms with Gasteiger partial charge in [-0.3, -0.25) is 18.4 Å². The van der Waals surface area contributed by atoms with Gasteiger partial charge in [0.15, 0.2) is 11.2 Å². The lowest BCUT2D eigenvalue weighted by atomic mass is 10.0. The molecule has 0 atom stereocenters. The predicted molar refractivity (Wildman–Crippen MR) is 100 cm³/mol. The Labute approximate surface area is 150 Å². The molecule has 0 unspecified atom stereocenters. The summed E-state index contributed by atoms with van der Waals surface area (Å²) in [7, 11) is 0. The van der Waals surface area contributed by atoms with Crippen molar-refractivity contribution in [1.82, 2.24) is 33.7 Å². The molecule has 0 fully saturated rings. The van der Waals surface area contributed by atoms with Gasteiger partial charge in [0.05, 0.1) is 17.3 Å². The first-order valence-electron chi connectivity index (χ1n) is 8.97. The minimum Gasteiger partial charge on any atom is -0.332 e. The van der Waals surface area contributed by atoms with E-state index in [2.05, 4.69) is 40.8 Å². The fraction of sp³-hybridized carbons (Fsp3) is 0.444. The Morgan fingerprint density at radius 1 is 1.27 bits per heavy atom. The average Bonchev–Trinajstić information content (AvgIpc) is 3.36. The molecule has 0 aliphatic rings. The van der Waals surface area contributed by atoms with E-state index in [-0.39, 0.29) is 11.1 Å². The molecule has 0 saturated heterocycles. The highest BCUT2D eigenvalue weighted by Gasteiger charge is 2.21. The highest BCUT2D eigenvalue weighted by atomic mass is 16.1. The summed E-state index contributed by atoms with van der Waals surface area (Å²) in [4.78, 5) is 25.1. The first-order chi connectivity index (χ1) is 12.5. The number of imidazole rings is 2. The Hall–Kier alpha value is -2.90. The molecule has 26 heavy (non-hydrogen) atoms. The van der Waals surface area contributed by atoms with Crippen molar-refractivity contribution in [2.75, 3.05) is 0 Å². The summed E-state index contributed by atoms with van der Waals surface area (Å²) in [5.41, 5.74) is 1.77. The molecule has 1 N–H and O–H groups in total. The van der Waals surface area contributed by atoms with Crippen LogP contribution in [-0.4, -0.2) is 33.7 Å². The third-order valence-electron chi connectivity index (χ3n) is 5.02. The molecule has 0 aliphatic carbocycles. The van der Waals surface area contributed by atoms with Crippen LogP contribution in [0.1, 0.15) is 40.5 Å². The van der Waals surface area contributed by atoms with Crippen LogP contribution in [0.15, 0.2) is 29.6 Å². The molecule has 4 aromatic rings. The van der Waals surface area contributed by atoms with Crippen LogP contribution >= 0.6 is 0 Å². The molecule has 0 aromatic carbocycles. The number of aromatic amines is 1. The van der Waals surface area contributed by atoms with Gasteiger partial charge >= 0.3 is 0 Å². The molecular weight excluding hydrogens is 330 g/mol. The summed E-state index contributed by atoms with van der Waals surface area (Å²) >= 11 is 0. The van der Waals surface area contributed by atoms with Crippen LogP contribution < -0.4 is 5.56 Å². The van der Waals surface area contributed by atoms with Gasteiger partial charge in [0.1, 0.15) is 5.82 Å². The average molecular weight is 353 g/mol. The number of aromatic nitrogens is 7. The largest absolute Gasteiger partial charge is 0.332 e. The maximum Gasteiger partial charge on any atom is 0.280 e. The van der Waals surface area contributed by atoms with Crippen molar-refractivity contribution in [3.63, 3.8) is 0 Å². The SMILES string of the molecule is CCCn1c(=O)c2[nH]c(-c3cnn(C(C)(C)CC)c3)nc2n2ccnc12. The molecule has 0 spiro atoms. The number of hydrogen-bond acceptors (Lipinski definition) is 4. The Balaban J connectivity index is 1.91. The minimum atomic E-state index is -0.0967. The Kier molecular flexibility index (Phi) is 3.71. The number of nitrogens with zero attached hydrogens (tertiary/aromatic N) is 6.